The van der Waals surface area contributed by atoms with Crippen molar-refractivity contribution >= 4 is 5.91 Å². The molecule has 0 spiro atoms. The van der Waals surface area contributed by atoms with Crippen LogP contribution in [-0.4, -0.2) is 30.4 Å². The Balaban J connectivity index is 2.15. The molecule has 1 aliphatic rings. The van der Waals surface area contributed by atoms with E-state index in [1.807, 2.05) is 25.1 Å². The molecule has 0 aromatic heterocycles. The average molecular weight is 247 g/mol. The molecule has 0 bridgehead atoms. The number of amides is 1. The Bertz CT molecular complexity index is 420. The summed E-state index contributed by atoms with van der Waals surface area (Å²) in [6, 6.07) is 10.4. The summed E-state index contributed by atoms with van der Waals surface area (Å²) in [7, 11) is 0. The molecule has 4 nitrogen and oxygen atoms in total. The quantitative estimate of drug-likeness (QED) is 0.829. The summed E-state index contributed by atoms with van der Waals surface area (Å²) in [6.07, 6.45) is 0.811. The van der Waals surface area contributed by atoms with Gasteiger partial charge in [-0.2, -0.15) is 0 Å². The molecule has 0 radical (unpaired) electrons. The molecule has 1 heterocycles. The van der Waals surface area contributed by atoms with Crippen molar-refractivity contribution in [3.63, 3.8) is 0 Å². The van der Waals surface area contributed by atoms with Crippen molar-refractivity contribution in [3.8, 4) is 0 Å². The summed E-state index contributed by atoms with van der Waals surface area (Å²) in [5.41, 5.74) is 12.2. The first-order valence-corrected chi connectivity index (χ1v) is 6.36. The zero-order valence-electron chi connectivity index (χ0n) is 10.8. The summed E-state index contributed by atoms with van der Waals surface area (Å²) in [4.78, 5) is 13.7. The van der Waals surface area contributed by atoms with Gasteiger partial charge in [0.25, 0.3) is 0 Å². The van der Waals surface area contributed by atoms with Crippen molar-refractivity contribution in [1.29, 1.82) is 0 Å². The largest absolute Gasteiger partial charge is 0.369 e. The highest BCUT2D eigenvalue weighted by Gasteiger charge is 2.41. The molecule has 1 aromatic carbocycles. The minimum atomic E-state index is -0.414. The number of nitrogens with zero attached hydrogens (tertiary/aromatic N) is 1. The fourth-order valence-corrected chi connectivity index (χ4v) is 2.64. The Morgan fingerprint density at radius 1 is 1.44 bits per heavy atom. The van der Waals surface area contributed by atoms with E-state index >= 15 is 0 Å². The Hall–Kier alpha value is -1.39. The summed E-state index contributed by atoms with van der Waals surface area (Å²) >= 11 is 0. The van der Waals surface area contributed by atoms with Gasteiger partial charge in [0, 0.05) is 19.1 Å². The first-order chi connectivity index (χ1) is 8.57. The second-order valence-corrected chi connectivity index (χ2v) is 5.31. The van der Waals surface area contributed by atoms with Crippen LogP contribution >= 0.6 is 0 Å². The molecule has 1 saturated heterocycles. The first-order valence-electron chi connectivity index (χ1n) is 6.36. The molecule has 1 fully saturated rings. The van der Waals surface area contributed by atoms with Gasteiger partial charge in [0.1, 0.15) is 0 Å². The van der Waals surface area contributed by atoms with Crippen LogP contribution < -0.4 is 11.5 Å². The zero-order valence-corrected chi connectivity index (χ0v) is 10.8. The van der Waals surface area contributed by atoms with Gasteiger partial charge in [-0.15, -0.1) is 0 Å². The average Bonchev–Trinajstić information content (AvgIpc) is 2.76. The summed E-state index contributed by atoms with van der Waals surface area (Å²) in [6.45, 7) is 4.06. The second kappa shape index (κ2) is 5.08. The van der Waals surface area contributed by atoms with Gasteiger partial charge in [-0.1, -0.05) is 30.3 Å². The van der Waals surface area contributed by atoms with E-state index in [1.54, 1.807) is 0 Å². The van der Waals surface area contributed by atoms with Gasteiger partial charge >= 0.3 is 0 Å². The number of rotatable bonds is 4. The standard InChI is InChI=1S/C14H21N3O/c1-14(13(16)18)7-8-17(10-14)12(9-15)11-5-3-2-4-6-11/h2-6,12H,7-10,15H2,1H3,(H2,16,18). The number of primary amides is 1. The number of carbonyl (C=O) groups is 1. The van der Waals surface area contributed by atoms with Gasteiger partial charge in [-0.05, 0) is 25.5 Å². The van der Waals surface area contributed by atoms with Crippen LogP contribution in [0.1, 0.15) is 24.9 Å². The Labute approximate surface area is 108 Å². The SMILES string of the molecule is CC1(C(N)=O)CCN(C(CN)c2ccccc2)C1. The molecule has 1 amide bonds. The number of carbonyl (C=O) groups excluding carboxylic acids is 1. The summed E-state index contributed by atoms with van der Waals surface area (Å²) < 4.78 is 0. The monoisotopic (exact) mass is 247 g/mol. The molecule has 0 aliphatic carbocycles. The normalized spacial score (nSPS) is 26.1. The van der Waals surface area contributed by atoms with Crippen molar-refractivity contribution in [1.82, 2.24) is 4.90 Å². The van der Waals surface area contributed by atoms with Gasteiger partial charge in [0.15, 0.2) is 0 Å². The third-order valence-corrected chi connectivity index (χ3v) is 3.95. The number of likely N-dealkylation sites (tertiary alicyclic amines) is 1. The van der Waals surface area contributed by atoms with Gasteiger partial charge in [0.05, 0.1) is 5.41 Å². The maximum Gasteiger partial charge on any atom is 0.224 e. The van der Waals surface area contributed by atoms with Gasteiger partial charge in [-0.3, -0.25) is 9.69 Å². The van der Waals surface area contributed by atoms with Gasteiger partial charge in [-0.25, -0.2) is 0 Å². The van der Waals surface area contributed by atoms with E-state index in [0.717, 1.165) is 13.0 Å². The van der Waals surface area contributed by atoms with E-state index in [-0.39, 0.29) is 11.9 Å². The molecular weight excluding hydrogens is 226 g/mol. The molecule has 2 unspecified atom stereocenters. The number of nitrogens with two attached hydrogens (primary N) is 2. The molecule has 4 heteroatoms. The third-order valence-electron chi connectivity index (χ3n) is 3.95. The minimum absolute atomic E-state index is 0.173. The van der Waals surface area contributed by atoms with Gasteiger partial charge in [0.2, 0.25) is 5.91 Å². The number of hydrogen-bond donors (Lipinski definition) is 2. The maximum atomic E-state index is 11.5. The lowest BCUT2D eigenvalue weighted by Crippen LogP contribution is -2.39. The Kier molecular flexibility index (Phi) is 3.68. The van der Waals surface area contributed by atoms with Crippen LogP contribution in [0.25, 0.3) is 0 Å². The van der Waals surface area contributed by atoms with Crippen molar-refractivity contribution < 1.29 is 4.79 Å². The van der Waals surface area contributed by atoms with E-state index in [2.05, 4.69) is 17.0 Å². The minimum Gasteiger partial charge on any atom is -0.369 e. The van der Waals surface area contributed by atoms with E-state index in [9.17, 15) is 4.79 Å². The fourth-order valence-electron chi connectivity index (χ4n) is 2.64. The molecule has 4 N–H and O–H groups in total. The predicted octanol–water partition coefficient (Wildman–Crippen LogP) is 0.884. The van der Waals surface area contributed by atoms with Crippen LogP contribution in [0.2, 0.25) is 0 Å². The molecule has 98 valence electrons. The lowest BCUT2D eigenvalue weighted by atomic mass is 9.89. The topological polar surface area (TPSA) is 72.4 Å². The van der Waals surface area contributed by atoms with Crippen molar-refractivity contribution in [2.45, 2.75) is 19.4 Å². The molecule has 1 aliphatic heterocycles. The highest BCUT2D eigenvalue weighted by molar-refractivity contribution is 5.81. The smallest absolute Gasteiger partial charge is 0.224 e. The molecule has 1 aromatic rings. The predicted molar refractivity (Wildman–Crippen MR) is 71.7 cm³/mol. The third kappa shape index (κ3) is 2.40. The second-order valence-electron chi connectivity index (χ2n) is 5.31. The highest BCUT2D eigenvalue weighted by Crippen LogP contribution is 2.34. The number of benzene rings is 1. The molecule has 2 rings (SSSR count). The van der Waals surface area contributed by atoms with Crippen LogP contribution in [0.15, 0.2) is 30.3 Å². The maximum absolute atomic E-state index is 11.5. The summed E-state index contributed by atoms with van der Waals surface area (Å²) in [5.74, 6) is -0.214. The van der Waals surface area contributed by atoms with Crippen LogP contribution in [-0.2, 0) is 4.79 Å². The molecule has 0 saturated carbocycles. The molecule has 18 heavy (non-hydrogen) atoms. The first kappa shape index (κ1) is 13.1. The molecular formula is C14H21N3O. The zero-order chi connectivity index (χ0) is 13.2. The van der Waals surface area contributed by atoms with E-state index < -0.39 is 5.41 Å². The van der Waals surface area contributed by atoms with Crippen LogP contribution in [0.4, 0.5) is 0 Å². The number of hydrogen-bond acceptors (Lipinski definition) is 3. The van der Waals surface area contributed by atoms with Crippen molar-refractivity contribution in [3.05, 3.63) is 35.9 Å². The van der Waals surface area contributed by atoms with E-state index in [1.165, 1.54) is 5.56 Å². The van der Waals surface area contributed by atoms with Crippen molar-refractivity contribution in [2.24, 2.45) is 16.9 Å². The van der Waals surface area contributed by atoms with E-state index in [4.69, 9.17) is 11.5 Å². The van der Waals surface area contributed by atoms with Crippen LogP contribution in [0.5, 0.6) is 0 Å². The van der Waals surface area contributed by atoms with E-state index in [0.29, 0.717) is 13.1 Å². The lowest BCUT2D eigenvalue weighted by molar-refractivity contribution is -0.126. The van der Waals surface area contributed by atoms with Gasteiger partial charge < -0.3 is 11.5 Å². The molecule has 2 atom stereocenters. The van der Waals surface area contributed by atoms with Crippen molar-refractivity contribution in [2.75, 3.05) is 19.6 Å². The van der Waals surface area contributed by atoms with Crippen LogP contribution in [0.3, 0.4) is 0 Å². The Morgan fingerprint density at radius 3 is 2.61 bits per heavy atom. The highest BCUT2D eigenvalue weighted by atomic mass is 16.1. The summed E-state index contributed by atoms with van der Waals surface area (Å²) in [5, 5.41) is 0. The Morgan fingerprint density at radius 2 is 2.11 bits per heavy atom. The van der Waals surface area contributed by atoms with Crippen LogP contribution in [0, 0.1) is 5.41 Å². The fraction of sp³-hybridized carbons (Fsp3) is 0.500. The lowest BCUT2D eigenvalue weighted by Gasteiger charge is -2.28.